The average molecular weight is 412 g/mol. The first-order valence-corrected chi connectivity index (χ1v) is 11.7. The molecule has 4 atom stereocenters. The minimum absolute atomic E-state index is 0.120. The summed E-state index contributed by atoms with van der Waals surface area (Å²) in [4.78, 5) is 3.73. The number of piperidine rings is 1. The van der Waals surface area contributed by atoms with Crippen molar-refractivity contribution in [2.45, 2.75) is 64.1 Å². The molecule has 30 heavy (non-hydrogen) atoms. The van der Waals surface area contributed by atoms with Gasteiger partial charge in [-0.2, -0.15) is 0 Å². The molecule has 2 N–H and O–H groups in total. The van der Waals surface area contributed by atoms with Crippen molar-refractivity contribution in [2.24, 2.45) is 5.92 Å². The summed E-state index contributed by atoms with van der Waals surface area (Å²) in [6.07, 6.45) is 5.06. The SMILES string of the molecule is CCN(CC)c1ccc([C@H]2[C@H]3CCCC[C@]3(O)CC[NH+]2Cc2ccccc2F)cc1. The number of hydrogen-bond donors (Lipinski definition) is 2. The maximum Gasteiger partial charge on any atom is 0.132 e. The van der Waals surface area contributed by atoms with Gasteiger partial charge in [0.1, 0.15) is 18.4 Å². The Morgan fingerprint density at radius 3 is 2.47 bits per heavy atom. The standard InChI is InChI=1S/C26H35FN2O/c1-3-28(4-2)22-14-12-20(13-15-22)25-23-10-7-8-16-26(23,30)17-18-29(25)19-21-9-5-6-11-24(21)27/h5-6,9,11-15,23,25,30H,3-4,7-8,10,16-19H2,1-2H3/p+1/t23-,25+,26+/m1/s1. The molecule has 1 saturated carbocycles. The first-order valence-electron chi connectivity index (χ1n) is 11.7. The number of benzene rings is 2. The quantitative estimate of drug-likeness (QED) is 0.748. The molecular weight excluding hydrogens is 375 g/mol. The lowest BCUT2D eigenvalue weighted by atomic mass is 9.66. The highest BCUT2D eigenvalue weighted by Gasteiger charge is 2.51. The van der Waals surface area contributed by atoms with E-state index in [1.165, 1.54) is 22.6 Å². The number of quaternary nitrogens is 1. The zero-order chi connectivity index (χ0) is 21.1. The van der Waals surface area contributed by atoms with Crippen molar-refractivity contribution in [1.82, 2.24) is 0 Å². The molecule has 3 nitrogen and oxygen atoms in total. The fourth-order valence-electron chi connectivity index (χ4n) is 5.89. The Hall–Kier alpha value is -1.91. The Balaban J connectivity index is 1.67. The first kappa shape index (κ1) is 21.3. The molecule has 2 fully saturated rings. The van der Waals surface area contributed by atoms with Crippen LogP contribution in [-0.2, 0) is 6.54 Å². The molecule has 2 aromatic carbocycles. The Bertz CT molecular complexity index is 835. The number of anilines is 1. The van der Waals surface area contributed by atoms with Gasteiger partial charge < -0.3 is 14.9 Å². The highest BCUT2D eigenvalue weighted by molar-refractivity contribution is 5.47. The van der Waals surface area contributed by atoms with Gasteiger partial charge in [0.25, 0.3) is 0 Å². The molecule has 162 valence electrons. The van der Waals surface area contributed by atoms with Crippen molar-refractivity contribution in [3.63, 3.8) is 0 Å². The molecule has 2 aliphatic rings. The molecule has 4 heteroatoms. The number of halogens is 1. The summed E-state index contributed by atoms with van der Waals surface area (Å²) in [6, 6.07) is 16.3. The molecule has 0 spiro atoms. The molecular formula is C26H36FN2O+. The van der Waals surface area contributed by atoms with Crippen LogP contribution in [0.4, 0.5) is 10.1 Å². The van der Waals surface area contributed by atoms with Gasteiger partial charge in [-0.15, -0.1) is 0 Å². The molecule has 1 heterocycles. The number of nitrogens with one attached hydrogen (secondary N) is 1. The summed E-state index contributed by atoms with van der Waals surface area (Å²) in [5, 5.41) is 11.5. The fourth-order valence-corrected chi connectivity index (χ4v) is 5.89. The third-order valence-corrected chi connectivity index (χ3v) is 7.54. The van der Waals surface area contributed by atoms with E-state index >= 15 is 0 Å². The maximum atomic E-state index is 14.4. The third kappa shape index (κ3) is 4.13. The third-order valence-electron chi connectivity index (χ3n) is 7.54. The van der Waals surface area contributed by atoms with Crippen LogP contribution in [0.15, 0.2) is 48.5 Å². The molecule has 0 radical (unpaired) electrons. The van der Waals surface area contributed by atoms with Crippen molar-refractivity contribution >= 4 is 5.69 Å². The molecule has 1 aliphatic carbocycles. The van der Waals surface area contributed by atoms with Gasteiger partial charge >= 0.3 is 0 Å². The van der Waals surface area contributed by atoms with Crippen molar-refractivity contribution in [3.8, 4) is 0 Å². The van der Waals surface area contributed by atoms with Crippen LogP contribution < -0.4 is 9.80 Å². The lowest BCUT2D eigenvalue weighted by Crippen LogP contribution is -3.13. The van der Waals surface area contributed by atoms with E-state index < -0.39 is 5.60 Å². The van der Waals surface area contributed by atoms with Crippen molar-refractivity contribution in [3.05, 3.63) is 65.5 Å². The topological polar surface area (TPSA) is 27.9 Å². The van der Waals surface area contributed by atoms with Crippen LogP contribution in [0.2, 0.25) is 0 Å². The largest absolute Gasteiger partial charge is 0.389 e. The number of rotatable bonds is 6. The van der Waals surface area contributed by atoms with Crippen molar-refractivity contribution in [2.75, 3.05) is 24.5 Å². The van der Waals surface area contributed by atoms with Crippen LogP contribution in [-0.4, -0.2) is 30.3 Å². The Morgan fingerprint density at radius 1 is 1.03 bits per heavy atom. The molecule has 0 amide bonds. The van der Waals surface area contributed by atoms with Gasteiger partial charge in [0.2, 0.25) is 0 Å². The van der Waals surface area contributed by atoms with E-state index in [9.17, 15) is 9.50 Å². The Morgan fingerprint density at radius 2 is 1.77 bits per heavy atom. The minimum atomic E-state index is -0.570. The second-order valence-electron chi connectivity index (χ2n) is 9.12. The van der Waals surface area contributed by atoms with Gasteiger partial charge in [0.05, 0.1) is 12.1 Å². The molecule has 4 rings (SSSR count). The highest BCUT2D eigenvalue weighted by Crippen LogP contribution is 2.44. The van der Waals surface area contributed by atoms with Gasteiger partial charge in [-0.25, -0.2) is 4.39 Å². The summed E-state index contributed by atoms with van der Waals surface area (Å²) >= 11 is 0. The Labute approximate surface area is 180 Å². The van der Waals surface area contributed by atoms with Crippen LogP contribution in [0.25, 0.3) is 0 Å². The smallest absolute Gasteiger partial charge is 0.132 e. The van der Waals surface area contributed by atoms with E-state index in [1.807, 2.05) is 12.1 Å². The Kier molecular flexibility index (Phi) is 6.45. The van der Waals surface area contributed by atoms with E-state index in [0.29, 0.717) is 6.54 Å². The second-order valence-corrected chi connectivity index (χ2v) is 9.12. The van der Waals surface area contributed by atoms with Crippen LogP contribution in [0, 0.1) is 11.7 Å². The van der Waals surface area contributed by atoms with Gasteiger partial charge in [0.15, 0.2) is 0 Å². The molecule has 1 unspecified atom stereocenters. The second kappa shape index (κ2) is 9.07. The van der Waals surface area contributed by atoms with E-state index in [1.54, 1.807) is 12.1 Å². The summed E-state index contributed by atoms with van der Waals surface area (Å²) in [5.41, 5.74) is 2.73. The summed E-state index contributed by atoms with van der Waals surface area (Å²) in [6.45, 7) is 7.89. The molecule has 1 aliphatic heterocycles. The maximum absolute atomic E-state index is 14.4. The van der Waals surface area contributed by atoms with Crippen LogP contribution in [0.5, 0.6) is 0 Å². The van der Waals surface area contributed by atoms with Gasteiger partial charge in [-0.1, -0.05) is 43.2 Å². The number of hydrogen-bond acceptors (Lipinski definition) is 2. The van der Waals surface area contributed by atoms with E-state index in [2.05, 4.69) is 43.0 Å². The lowest BCUT2D eigenvalue weighted by Gasteiger charge is -2.50. The van der Waals surface area contributed by atoms with E-state index in [4.69, 9.17) is 0 Å². The minimum Gasteiger partial charge on any atom is -0.389 e. The molecule has 2 aromatic rings. The van der Waals surface area contributed by atoms with Crippen LogP contribution >= 0.6 is 0 Å². The van der Waals surface area contributed by atoms with Crippen LogP contribution in [0.3, 0.4) is 0 Å². The van der Waals surface area contributed by atoms with E-state index in [0.717, 1.165) is 50.9 Å². The average Bonchev–Trinajstić information content (AvgIpc) is 2.77. The monoisotopic (exact) mass is 411 g/mol. The number of likely N-dealkylation sites (tertiary alicyclic amines) is 1. The van der Waals surface area contributed by atoms with E-state index in [-0.39, 0.29) is 17.8 Å². The van der Waals surface area contributed by atoms with Gasteiger partial charge in [-0.05, 0) is 44.9 Å². The van der Waals surface area contributed by atoms with Crippen molar-refractivity contribution < 1.29 is 14.4 Å². The highest BCUT2D eigenvalue weighted by atomic mass is 19.1. The van der Waals surface area contributed by atoms with Crippen molar-refractivity contribution in [1.29, 1.82) is 0 Å². The zero-order valence-corrected chi connectivity index (χ0v) is 18.4. The summed E-state index contributed by atoms with van der Waals surface area (Å²) in [5.74, 6) is 0.117. The summed E-state index contributed by atoms with van der Waals surface area (Å²) < 4.78 is 14.4. The van der Waals surface area contributed by atoms with Crippen LogP contribution in [0.1, 0.15) is 63.1 Å². The molecule has 0 aromatic heterocycles. The zero-order valence-electron chi connectivity index (χ0n) is 18.4. The normalized spacial score (nSPS) is 28.7. The summed E-state index contributed by atoms with van der Waals surface area (Å²) in [7, 11) is 0. The molecule has 1 saturated heterocycles. The lowest BCUT2D eigenvalue weighted by molar-refractivity contribution is -0.958. The first-order chi connectivity index (χ1) is 14.6. The predicted octanol–water partition coefficient (Wildman–Crippen LogP) is 4.12. The number of fused-ring (bicyclic) bond motifs is 1. The van der Waals surface area contributed by atoms with Gasteiger partial charge in [0, 0.05) is 42.2 Å². The predicted molar refractivity (Wildman–Crippen MR) is 120 cm³/mol. The number of nitrogens with zero attached hydrogens (tertiary/aromatic N) is 1. The number of aliphatic hydroxyl groups is 1. The molecule has 0 bridgehead atoms. The van der Waals surface area contributed by atoms with Gasteiger partial charge in [-0.3, -0.25) is 0 Å². The fraction of sp³-hybridized carbons (Fsp3) is 0.538.